The number of H-pyrrole nitrogens is 1. The third-order valence-corrected chi connectivity index (χ3v) is 5.37. The van der Waals surface area contributed by atoms with E-state index < -0.39 is 23.9 Å². The van der Waals surface area contributed by atoms with Crippen molar-refractivity contribution in [3.8, 4) is 0 Å². The Bertz CT molecular complexity index is 1100. The van der Waals surface area contributed by atoms with Crippen LogP contribution in [0.15, 0.2) is 54.7 Å². The highest BCUT2D eigenvalue weighted by Crippen LogP contribution is 2.21. The number of benzene rings is 2. The molecular weight excluding hydrogens is 380 g/mol. The predicted octanol–water partition coefficient (Wildman–Crippen LogP) is 3.39. The summed E-state index contributed by atoms with van der Waals surface area (Å²) in [5.41, 5.74) is 3.72. The minimum atomic E-state index is -0.685. The van der Waals surface area contributed by atoms with Gasteiger partial charge in [0, 0.05) is 29.2 Å². The van der Waals surface area contributed by atoms with Gasteiger partial charge in [-0.05, 0) is 35.2 Å². The number of carbonyl (C=O) groups excluding carboxylic acids is 3. The first-order valence-electron chi connectivity index (χ1n) is 9.99. The summed E-state index contributed by atoms with van der Waals surface area (Å²) < 4.78 is 0. The second kappa shape index (κ2) is 8.02. The Labute approximate surface area is 174 Å². The van der Waals surface area contributed by atoms with E-state index in [0.29, 0.717) is 18.0 Å². The number of rotatable bonds is 6. The van der Waals surface area contributed by atoms with Crippen LogP contribution in [0.1, 0.15) is 30.9 Å². The van der Waals surface area contributed by atoms with E-state index in [2.05, 4.69) is 29.5 Å². The van der Waals surface area contributed by atoms with Crippen molar-refractivity contribution in [2.75, 3.05) is 11.9 Å². The molecule has 1 fully saturated rings. The molecule has 1 atom stereocenters. The first-order chi connectivity index (χ1) is 14.4. The van der Waals surface area contributed by atoms with Crippen LogP contribution in [0, 0.1) is 0 Å². The van der Waals surface area contributed by atoms with E-state index in [9.17, 15) is 14.4 Å². The summed E-state index contributed by atoms with van der Waals surface area (Å²) in [7, 11) is 0. The maximum atomic E-state index is 12.7. The van der Waals surface area contributed by atoms with Crippen molar-refractivity contribution >= 4 is 34.4 Å². The van der Waals surface area contributed by atoms with Gasteiger partial charge in [-0.25, -0.2) is 4.79 Å². The molecular formula is C23H24N4O3. The lowest BCUT2D eigenvalue weighted by atomic mass is 10.0. The monoisotopic (exact) mass is 404 g/mol. The summed E-state index contributed by atoms with van der Waals surface area (Å²) >= 11 is 0. The van der Waals surface area contributed by atoms with Gasteiger partial charge in [-0.2, -0.15) is 0 Å². The number of anilines is 1. The Morgan fingerprint density at radius 1 is 1.10 bits per heavy atom. The molecule has 0 unspecified atom stereocenters. The molecule has 0 radical (unpaired) electrons. The fourth-order valence-corrected chi connectivity index (χ4v) is 3.68. The van der Waals surface area contributed by atoms with Gasteiger partial charge in [0.2, 0.25) is 5.91 Å². The molecule has 1 aliphatic heterocycles. The van der Waals surface area contributed by atoms with Gasteiger partial charge in [0.1, 0.15) is 12.6 Å². The van der Waals surface area contributed by atoms with E-state index in [1.165, 1.54) is 5.56 Å². The van der Waals surface area contributed by atoms with E-state index in [0.717, 1.165) is 21.4 Å². The molecule has 3 N–H and O–H groups in total. The van der Waals surface area contributed by atoms with Crippen LogP contribution in [0.2, 0.25) is 0 Å². The zero-order chi connectivity index (χ0) is 21.3. The van der Waals surface area contributed by atoms with Crippen LogP contribution in [0.4, 0.5) is 10.5 Å². The molecule has 1 aromatic heterocycles. The molecule has 1 aliphatic rings. The molecule has 0 aliphatic carbocycles. The molecule has 2 heterocycles. The zero-order valence-electron chi connectivity index (χ0n) is 16.9. The van der Waals surface area contributed by atoms with Gasteiger partial charge >= 0.3 is 6.03 Å². The van der Waals surface area contributed by atoms with Crippen molar-refractivity contribution in [2.24, 2.45) is 0 Å². The Hall–Kier alpha value is -3.61. The Morgan fingerprint density at radius 3 is 2.57 bits per heavy atom. The van der Waals surface area contributed by atoms with Crippen molar-refractivity contribution in [2.45, 2.75) is 32.2 Å². The number of nitrogens with zero attached hydrogens (tertiary/aromatic N) is 1. The Balaban J connectivity index is 1.39. The van der Waals surface area contributed by atoms with Gasteiger partial charge in [0.15, 0.2) is 0 Å². The third-order valence-electron chi connectivity index (χ3n) is 5.37. The molecule has 7 nitrogen and oxygen atoms in total. The summed E-state index contributed by atoms with van der Waals surface area (Å²) in [5, 5.41) is 6.45. The van der Waals surface area contributed by atoms with E-state index in [1.807, 2.05) is 54.7 Å². The molecule has 4 amide bonds. The first kappa shape index (κ1) is 19.7. The second-order valence-electron chi connectivity index (χ2n) is 7.81. The molecule has 2 aromatic carbocycles. The van der Waals surface area contributed by atoms with E-state index in [4.69, 9.17) is 0 Å². The molecule has 7 heteroatoms. The number of amides is 4. The molecule has 30 heavy (non-hydrogen) atoms. The number of carbonyl (C=O) groups is 3. The van der Waals surface area contributed by atoms with Gasteiger partial charge in [0.25, 0.3) is 5.91 Å². The van der Waals surface area contributed by atoms with E-state index in [1.54, 1.807) is 0 Å². The maximum Gasteiger partial charge on any atom is 0.325 e. The third kappa shape index (κ3) is 3.91. The summed E-state index contributed by atoms with van der Waals surface area (Å²) in [6.07, 6.45) is 2.21. The standard InChI is InChI=1S/C23H24N4O3/c1-14(2)15-7-9-17(10-8-15)25-21(28)13-27-22(29)20(26-23(27)30)11-16-12-24-19-6-4-3-5-18(16)19/h3-10,12,14,20,24H,11,13H2,1-2H3,(H,25,28)(H,26,30)/t20-/m0/s1. The lowest BCUT2D eigenvalue weighted by Crippen LogP contribution is -2.38. The SMILES string of the molecule is CC(C)c1ccc(NC(=O)CN2C(=O)N[C@@H](Cc3c[nH]c4ccccc34)C2=O)cc1. The summed E-state index contributed by atoms with van der Waals surface area (Å²) in [6.45, 7) is 3.87. The van der Waals surface area contributed by atoms with Crippen molar-refractivity contribution < 1.29 is 14.4 Å². The highest BCUT2D eigenvalue weighted by molar-refractivity contribution is 6.08. The van der Waals surface area contributed by atoms with Crippen LogP contribution in [-0.2, 0) is 16.0 Å². The zero-order valence-corrected chi connectivity index (χ0v) is 16.9. The van der Waals surface area contributed by atoms with Crippen LogP contribution in [0.5, 0.6) is 0 Å². The average molecular weight is 404 g/mol. The maximum absolute atomic E-state index is 12.7. The van der Waals surface area contributed by atoms with Crippen LogP contribution in [0.3, 0.4) is 0 Å². The minimum absolute atomic E-state index is 0.318. The minimum Gasteiger partial charge on any atom is -0.361 e. The quantitative estimate of drug-likeness (QED) is 0.550. The Morgan fingerprint density at radius 2 is 1.83 bits per heavy atom. The van der Waals surface area contributed by atoms with E-state index in [-0.39, 0.29) is 6.54 Å². The predicted molar refractivity (Wildman–Crippen MR) is 115 cm³/mol. The number of nitrogens with one attached hydrogen (secondary N) is 3. The van der Waals surface area contributed by atoms with Crippen molar-refractivity contribution in [1.82, 2.24) is 15.2 Å². The molecule has 0 bridgehead atoms. The molecule has 1 saturated heterocycles. The summed E-state index contributed by atoms with van der Waals surface area (Å²) in [6, 6.07) is 14.1. The molecule has 0 spiro atoms. The average Bonchev–Trinajstić information content (AvgIpc) is 3.25. The van der Waals surface area contributed by atoms with Gasteiger partial charge in [-0.15, -0.1) is 0 Å². The lowest BCUT2D eigenvalue weighted by molar-refractivity contribution is -0.130. The molecule has 0 saturated carbocycles. The van der Waals surface area contributed by atoms with E-state index >= 15 is 0 Å². The van der Waals surface area contributed by atoms with Gasteiger partial charge in [-0.3, -0.25) is 14.5 Å². The van der Waals surface area contributed by atoms with Gasteiger partial charge in [-0.1, -0.05) is 44.2 Å². The summed E-state index contributed by atoms with van der Waals surface area (Å²) in [5.74, 6) is -0.408. The number of para-hydroxylation sites is 1. The van der Waals surface area contributed by atoms with Crippen LogP contribution in [-0.4, -0.2) is 40.3 Å². The Kier molecular flexibility index (Phi) is 5.27. The normalized spacial score (nSPS) is 16.4. The van der Waals surface area contributed by atoms with Crippen molar-refractivity contribution in [3.63, 3.8) is 0 Å². The number of imide groups is 1. The summed E-state index contributed by atoms with van der Waals surface area (Å²) in [4.78, 5) is 41.6. The number of aromatic nitrogens is 1. The topological polar surface area (TPSA) is 94.3 Å². The lowest BCUT2D eigenvalue weighted by Gasteiger charge is -2.13. The largest absolute Gasteiger partial charge is 0.361 e. The molecule has 4 rings (SSSR count). The van der Waals surface area contributed by atoms with Crippen LogP contribution >= 0.6 is 0 Å². The van der Waals surface area contributed by atoms with Crippen LogP contribution in [0.25, 0.3) is 10.9 Å². The number of aromatic amines is 1. The number of hydrogen-bond donors (Lipinski definition) is 3. The fraction of sp³-hybridized carbons (Fsp3) is 0.261. The fourth-order valence-electron chi connectivity index (χ4n) is 3.68. The van der Waals surface area contributed by atoms with Crippen molar-refractivity contribution in [1.29, 1.82) is 0 Å². The van der Waals surface area contributed by atoms with Gasteiger partial charge < -0.3 is 15.6 Å². The molecule has 3 aromatic rings. The van der Waals surface area contributed by atoms with Crippen LogP contribution < -0.4 is 10.6 Å². The second-order valence-corrected chi connectivity index (χ2v) is 7.81. The highest BCUT2D eigenvalue weighted by Gasteiger charge is 2.39. The number of fused-ring (bicyclic) bond motifs is 1. The first-order valence-corrected chi connectivity index (χ1v) is 9.99. The van der Waals surface area contributed by atoms with Gasteiger partial charge in [0.05, 0.1) is 0 Å². The smallest absolute Gasteiger partial charge is 0.325 e. The highest BCUT2D eigenvalue weighted by atomic mass is 16.2. The van der Waals surface area contributed by atoms with Crippen molar-refractivity contribution in [3.05, 3.63) is 65.9 Å². The number of hydrogen-bond acceptors (Lipinski definition) is 3. The number of urea groups is 1. The molecule has 154 valence electrons.